The lowest BCUT2D eigenvalue weighted by Crippen LogP contribution is -2.55. The fraction of sp³-hybridized carbons (Fsp3) is 0.353. The molecule has 2 atom stereocenters. The summed E-state index contributed by atoms with van der Waals surface area (Å²) in [6.45, 7) is 1.31. The molecule has 1 aliphatic heterocycles. The number of ether oxygens (including phenoxy) is 3. The first kappa shape index (κ1) is 22.1. The minimum Gasteiger partial charge on any atom is -0.481 e. The number of aromatic nitrogens is 3. The van der Waals surface area contributed by atoms with E-state index in [1.165, 1.54) is 16.7 Å². The van der Waals surface area contributed by atoms with Crippen molar-refractivity contribution in [1.82, 2.24) is 14.8 Å². The molecular weight excluding hydrogens is 408 g/mol. The molecule has 3 heterocycles. The van der Waals surface area contributed by atoms with E-state index < -0.39 is 30.1 Å². The van der Waals surface area contributed by atoms with Gasteiger partial charge in [0, 0.05) is 31.5 Å². The molecule has 0 bridgehead atoms. The quantitative estimate of drug-likeness (QED) is 0.653. The third-order valence-electron chi connectivity index (χ3n) is 3.98. The van der Waals surface area contributed by atoms with Crippen molar-refractivity contribution in [3.63, 3.8) is 0 Å². The van der Waals surface area contributed by atoms with E-state index in [4.69, 9.17) is 14.2 Å². The Morgan fingerprint density at radius 2 is 2.14 bits per heavy atom. The topological polar surface area (TPSA) is 133 Å². The predicted molar refractivity (Wildman–Crippen MR) is 100 cm³/mol. The second-order valence-electron chi connectivity index (χ2n) is 5.82. The van der Waals surface area contributed by atoms with Gasteiger partial charge >= 0.3 is 11.9 Å². The van der Waals surface area contributed by atoms with Gasteiger partial charge in [-0.3, -0.25) is 14.5 Å². The van der Waals surface area contributed by atoms with Crippen LogP contribution in [0.15, 0.2) is 30.6 Å². The van der Waals surface area contributed by atoms with Crippen molar-refractivity contribution in [3.8, 4) is 11.6 Å². The van der Waals surface area contributed by atoms with E-state index in [9.17, 15) is 19.5 Å². The van der Waals surface area contributed by atoms with Gasteiger partial charge in [0.2, 0.25) is 12.0 Å². The number of carbonyl (C=O) groups is 3. The molecule has 1 amide bonds. The van der Waals surface area contributed by atoms with E-state index in [0.29, 0.717) is 17.4 Å². The third-order valence-corrected chi connectivity index (χ3v) is 3.98. The highest BCUT2D eigenvalue weighted by atomic mass is 35.5. The molecule has 1 fully saturated rings. The van der Waals surface area contributed by atoms with Crippen molar-refractivity contribution < 1.29 is 33.7 Å². The number of methoxy groups -OCH3 is 1. The highest BCUT2D eigenvalue weighted by Crippen LogP contribution is 2.22. The van der Waals surface area contributed by atoms with Crippen LogP contribution in [-0.2, 0) is 23.9 Å². The minimum atomic E-state index is -1.74. The number of halogens is 1. The lowest BCUT2D eigenvalue weighted by molar-refractivity contribution is -0.177. The fourth-order valence-corrected chi connectivity index (χ4v) is 2.73. The summed E-state index contributed by atoms with van der Waals surface area (Å²) in [5.41, 5.74) is 0.665. The van der Waals surface area contributed by atoms with Crippen LogP contribution in [0.3, 0.4) is 0 Å². The van der Waals surface area contributed by atoms with E-state index >= 15 is 0 Å². The Labute approximate surface area is 171 Å². The van der Waals surface area contributed by atoms with Gasteiger partial charge in [-0.25, -0.2) is 14.5 Å². The lowest BCUT2D eigenvalue weighted by Gasteiger charge is -2.33. The first-order chi connectivity index (χ1) is 13.4. The average Bonchev–Trinajstić information content (AvgIpc) is 3.16. The predicted octanol–water partition coefficient (Wildman–Crippen LogP) is 0.446. The summed E-state index contributed by atoms with van der Waals surface area (Å²) < 4.78 is 16.6. The number of rotatable bonds is 6. The zero-order chi connectivity index (χ0) is 20.3. The number of esters is 1. The summed E-state index contributed by atoms with van der Waals surface area (Å²) >= 11 is 0. The fourth-order valence-electron chi connectivity index (χ4n) is 2.73. The van der Waals surface area contributed by atoms with Crippen molar-refractivity contribution in [1.29, 1.82) is 0 Å². The molecule has 2 aromatic heterocycles. The molecule has 2 aromatic rings. The smallest absolute Gasteiger partial charge is 0.348 e. The molecule has 0 unspecified atom stereocenters. The summed E-state index contributed by atoms with van der Waals surface area (Å²) in [6.07, 6.45) is 0.00518. The van der Waals surface area contributed by atoms with Crippen molar-refractivity contribution in [2.45, 2.75) is 19.1 Å². The summed E-state index contributed by atoms with van der Waals surface area (Å²) in [7, 11) is 1.50. The maximum Gasteiger partial charge on any atom is 0.348 e. The van der Waals surface area contributed by atoms with Crippen LogP contribution in [0.1, 0.15) is 6.92 Å². The molecule has 1 aliphatic rings. The van der Waals surface area contributed by atoms with E-state index in [2.05, 4.69) is 10.1 Å². The average molecular weight is 427 g/mol. The number of anilines is 1. The van der Waals surface area contributed by atoms with Gasteiger partial charge in [-0.05, 0) is 6.07 Å². The number of amides is 1. The summed E-state index contributed by atoms with van der Waals surface area (Å²) in [6, 6.07) is 4.99. The standard InChI is InChI=1S/C17H18N4O7.ClH/c1-10(22)28-15(17(24)25)14-16(23)20(7-8-27-14)12-4-6-21(19-12)11-3-5-18-13(9-11)26-2;/h3-6,9,14-15H,7-8H2,1-2H3,(H,24,25);1H/t14-,15-;/m1./s1. The Morgan fingerprint density at radius 3 is 2.79 bits per heavy atom. The molecule has 11 nitrogen and oxygen atoms in total. The first-order valence-electron chi connectivity index (χ1n) is 8.30. The molecule has 12 heteroatoms. The summed E-state index contributed by atoms with van der Waals surface area (Å²) in [5.74, 6) is -2.23. The molecule has 0 aliphatic carbocycles. The van der Waals surface area contributed by atoms with E-state index in [1.807, 2.05) is 0 Å². The van der Waals surface area contributed by atoms with Crippen LogP contribution in [-0.4, -0.2) is 70.2 Å². The van der Waals surface area contributed by atoms with Crippen LogP contribution in [0.4, 0.5) is 5.82 Å². The lowest BCUT2D eigenvalue weighted by atomic mass is 10.1. The summed E-state index contributed by atoms with van der Waals surface area (Å²) in [4.78, 5) is 40.7. The highest BCUT2D eigenvalue weighted by molar-refractivity contribution is 5.99. The molecule has 156 valence electrons. The van der Waals surface area contributed by atoms with Gasteiger partial charge in [0.25, 0.3) is 5.91 Å². The molecular formula is C17H19ClN4O7. The Balaban J connectivity index is 0.00000300. The number of carboxylic acid groups (broad SMARTS) is 1. The molecule has 1 saturated heterocycles. The van der Waals surface area contributed by atoms with Gasteiger partial charge in [-0.2, -0.15) is 0 Å². The van der Waals surface area contributed by atoms with Gasteiger partial charge in [-0.15, -0.1) is 17.5 Å². The van der Waals surface area contributed by atoms with E-state index in [0.717, 1.165) is 6.92 Å². The molecule has 0 aromatic carbocycles. The zero-order valence-electron chi connectivity index (χ0n) is 15.5. The van der Waals surface area contributed by atoms with Crippen molar-refractivity contribution in [2.75, 3.05) is 25.2 Å². The zero-order valence-corrected chi connectivity index (χ0v) is 16.4. The Bertz CT molecular complexity index is 903. The number of hydrogen-bond donors (Lipinski definition) is 1. The third kappa shape index (κ3) is 4.81. The largest absolute Gasteiger partial charge is 0.481 e. The van der Waals surface area contributed by atoms with Gasteiger partial charge in [0.1, 0.15) is 0 Å². The number of carbonyl (C=O) groups excluding carboxylic acids is 2. The number of nitrogens with zero attached hydrogens (tertiary/aromatic N) is 4. The van der Waals surface area contributed by atoms with E-state index in [-0.39, 0.29) is 25.6 Å². The number of morpholine rings is 1. The maximum atomic E-state index is 12.8. The van der Waals surface area contributed by atoms with Gasteiger partial charge in [0.05, 0.1) is 25.9 Å². The Morgan fingerprint density at radius 1 is 1.38 bits per heavy atom. The minimum absolute atomic E-state index is 0. The molecule has 0 saturated carbocycles. The maximum absolute atomic E-state index is 12.8. The Hall–Kier alpha value is -3.18. The number of hydrogen-bond acceptors (Lipinski definition) is 8. The van der Waals surface area contributed by atoms with Crippen molar-refractivity contribution in [3.05, 3.63) is 30.6 Å². The SMILES string of the molecule is COc1cc(-n2ccc(N3CCO[C@H]([C@@H](OC(C)=O)C(=O)O)C3=O)n2)ccn1.Cl. The van der Waals surface area contributed by atoms with Crippen LogP contribution in [0.2, 0.25) is 0 Å². The number of aliphatic carboxylic acids is 1. The molecule has 29 heavy (non-hydrogen) atoms. The van der Waals surface area contributed by atoms with Crippen LogP contribution in [0, 0.1) is 0 Å². The molecule has 1 N–H and O–H groups in total. The van der Waals surface area contributed by atoms with Crippen molar-refractivity contribution in [2.24, 2.45) is 0 Å². The molecule has 0 radical (unpaired) electrons. The second-order valence-corrected chi connectivity index (χ2v) is 5.82. The second kappa shape index (κ2) is 9.34. The highest BCUT2D eigenvalue weighted by Gasteiger charge is 2.43. The van der Waals surface area contributed by atoms with Crippen LogP contribution in [0.25, 0.3) is 5.69 Å². The monoisotopic (exact) mass is 426 g/mol. The summed E-state index contributed by atoms with van der Waals surface area (Å²) in [5, 5.41) is 13.6. The normalized spacial score (nSPS) is 17.2. The molecule has 0 spiro atoms. The van der Waals surface area contributed by atoms with Crippen LogP contribution in [0.5, 0.6) is 5.88 Å². The van der Waals surface area contributed by atoms with Gasteiger partial charge < -0.3 is 19.3 Å². The number of pyridine rings is 1. The van der Waals surface area contributed by atoms with Crippen LogP contribution >= 0.6 is 12.4 Å². The van der Waals surface area contributed by atoms with Crippen LogP contribution < -0.4 is 9.64 Å². The van der Waals surface area contributed by atoms with Gasteiger partial charge in [0.15, 0.2) is 11.9 Å². The van der Waals surface area contributed by atoms with E-state index in [1.54, 1.807) is 30.6 Å². The molecule has 3 rings (SSSR count). The number of carboxylic acids is 1. The van der Waals surface area contributed by atoms with Crippen molar-refractivity contribution >= 4 is 36.1 Å². The van der Waals surface area contributed by atoms with Gasteiger partial charge in [-0.1, -0.05) is 0 Å². The Kier molecular flexibility index (Phi) is 7.13. The first-order valence-corrected chi connectivity index (χ1v) is 8.30.